The molecule has 0 bridgehead atoms. The molecular weight excluding hydrogens is 523 g/mol. The Morgan fingerprint density at radius 3 is 1.72 bits per heavy atom. The van der Waals surface area contributed by atoms with Gasteiger partial charge >= 0.3 is 0 Å². The van der Waals surface area contributed by atoms with Gasteiger partial charge in [-0.3, -0.25) is 0 Å². The van der Waals surface area contributed by atoms with Crippen LogP contribution in [0, 0.1) is 5.41 Å². The Balaban J connectivity index is 0.00000361. The highest BCUT2D eigenvalue weighted by Gasteiger charge is 2.44. The minimum Gasteiger partial charge on any atom is -1.00 e. The van der Waals surface area contributed by atoms with E-state index in [4.69, 9.17) is 0 Å². The zero-order chi connectivity index (χ0) is 24.9. The molecule has 0 saturated carbocycles. The average molecular weight is 562 g/mol. The lowest BCUT2D eigenvalue weighted by Crippen LogP contribution is -3.00. The SMILES string of the molecule is CC1=C(/C=C/C(C)=C/C[P+](c2ccccc2)(c2ccccc2)c2ccccc2)C(C)(C)C[C@@H](O)C1.[Br-]. The first-order chi connectivity index (χ1) is 16.8. The zero-order valence-corrected chi connectivity index (χ0v) is 24.3. The van der Waals surface area contributed by atoms with Gasteiger partial charge in [0.25, 0.3) is 0 Å². The Morgan fingerprint density at radius 1 is 0.861 bits per heavy atom. The maximum Gasteiger partial charge on any atom is 0.115 e. The van der Waals surface area contributed by atoms with E-state index in [0.717, 1.165) is 19.0 Å². The van der Waals surface area contributed by atoms with E-state index < -0.39 is 7.26 Å². The Bertz CT molecular complexity index is 1110. The summed E-state index contributed by atoms with van der Waals surface area (Å²) in [5, 5.41) is 14.5. The Labute approximate surface area is 228 Å². The molecule has 0 radical (unpaired) electrons. The second-order valence-corrected chi connectivity index (χ2v) is 14.0. The van der Waals surface area contributed by atoms with E-state index in [9.17, 15) is 5.11 Å². The first kappa shape index (κ1) is 28.3. The predicted octanol–water partition coefficient (Wildman–Crippen LogP) is 3.98. The van der Waals surface area contributed by atoms with Crippen LogP contribution in [0.5, 0.6) is 0 Å². The molecule has 0 saturated heterocycles. The van der Waals surface area contributed by atoms with Crippen LogP contribution in [-0.4, -0.2) is 17.4 Å². The molecule has 0 fully saturated rings. The summed E-state index contributed by atoms with van der Waals surface area (Å²) in [6.45, 7) is 8.87. The lowest BCUT2D eigenvalue weighted by molar-refractivity contribution is -0.0000117. The second kappa shape index (κ2) is 12.3. The van der Waals surface area contributed by atoms with Gasteiger partial charge in [-0.15, -0.1) is 0 Å². The van der Waals surface area contributed by atoms with Crippen molar-refractivity contribution in [1.82, 2.24) is 0 Å². The molecule has 1 N–H and O–H groups in total. The normalized spacial score (nSPS) is 18.2. The van der Waals surface area contributed by atoms with Crippen molar-refractivity contribution in [2.45, 2.75) is 46.6 Å². The Morgan fingerprint density at radius 2 is 1.31 bits per heavy atom. The molecule has 0 amide bonds. The van der Waals surface area contributed by atoms with Crippen molar-refractivity contribution in [2.24, 2.45) is 5.41 Å². The maximum atomic E-state index is 10.2. The van der Waals surface area contributed by atoms with Crippen molar-refractivity contribution in [3.63, 3.8) is 0 Å². The average Bonchev–Trinajstić information content (AvgIpc) is 2.85. The number of halogens is 1. The van der Waals surface area contributed by atoms with Crippen molar-refractivity contribution in [1.29, 1.82) is 0 Å². The third kappa shape index (κ3) is 6.17. The molecule has 1 atom stereocenters. The van der Waals surface area contributed by atoms with Crippen LogP contribution in [-0.2, 0) is 0 Å². The molecule has 1 aliphatic rings. The van der Waals surface area contributed by atoms with Crippen LogP contribution in [0.1, 0.15) is 40.5 Å². The van der Waals surface area contributed by atoms with Gasteiger partial charge in [0.1, 0.15) is 23.2 Å². The second-order valence-electron chi connectivity index (χ2n) is 10.4. The van der Waals surface area contributed by atoms with Crippen LogP contribution in [0.3, 0.4) is 0 Å². The van der Waals surface area contributed by atoms with Gasteiger partial charge in [-0.25, -0.2) is 0 Å². The lowest BCUT2D eigenvalue weighted by Gasteiger charge is -2.35. The molecular formula is C33H38BrOP. The summed E-state index contributed by atoms with van der Waals surface area (Å²) < 4.78 is 0. The van der Waals surface area contributed by atoms with Crippen LogP contribution in [0.4, 0.5) is 0 Å². The summed E-state index contributed by atoms with van der Waals surface area (Å²) in [6, 6.07) is 33.1. The first-order valence-corrected chi connectivity index (χ1v) is 14.6. The number of hydrogen-bond donors (Lipinski definition) is 1. The number of rotatable bonds is 7. The molecule has 1 nitrogen and oxygen atoms in total. The van der Waals surface area contributed by atoms with Crippen molar-refractivity contribution in [2.75, 3.05) is 6.16 Å². The molecule has 0 heterocycles. The number of benzene rings is 3. The number of aliphatic hydroxyl groups is 1. The molecule has 3 aromatic rings. The van der Waals surface area contributed by atoms with E-state index in [1.165, 1.54) is 32.6 Å². The summed E-state index contributed by atoms with van der Waals surface area (Å²) in [5.74, 6) is 0. The molecule has 188 valence electrons. The van der Waals surface area contributed by atoms with Crippen LogP contribution in [0.2, 0.25) is 0 Å². The predicted molar refractivity (Wildman–Crippen MR) is 155 cm³/mol. The van der Waals surface area contributed by atoms with Gasteiger partial charge in [0.2, 0.25) is 0 Å². The van der Waals surface area contributed by atoms with Crippen molar-refractivity contribution in [3.8, 4) is 0 Å². The van der Waals surface area contributed by atoms with Crippen molar-refractivity contribution < 1.29 is 22.1 Å². The van der Waals surface area contributed by atoms with Crippen molar-refractivity contribution >= 4 is 23.2 Å². The van der Waals surface area contributed by atoms with Gasteiger partial charge < -0.3 is 22.1 Å². The molecule has 36 heavy (non-hydrogen) atoms. The van der Waals surface area contributed by atoms with Crippen molar-refractivity contribution in [3.05, 3.63) is 126 Å². The maximum absolute atomic E-state index is 10.2. The molecule has 0 aromatic heterocycles. The lowest BCUT2D eigenvalue weighted by atomic mass is 9.71. The van der Waals surface area contributed by atoms with Crippen LogP contribution in [0.15, 0.2) is 126 Å². The minimum atomic E-state index is -1.86. The van der Waals surface area contributed by atoms with Crippen LogP contribution >= 0.6 is 7.26 Å². The molecule has 0 spiro atoms. The fraction of sp³-hybridized carbons (Fsp3) is 0.273. The van der Waals surface area contributed by atoms with Crippen LogP contribution in [0.25, 0.3) is 0 Å². The van der Waals surface area contributed by atoms with Gasteiger partial charge in [-0.1, -0.05) is 91.7 Å². The number of allylic oxidation sites excluding steroid dienone is 5. The van der Waals surface area contributed by atoms with Crippen LogP contribution < -0.4 is 32.9 Å². The summed E-state index contributed by atoms with van der Waals surface area (Å²) in [6.07, 6.45) is 9.33. The smallest absolute Gasteiger partial charge is 0.115 e. The first-order valence-electron chi connectivity index (χ1n) is 12.6. The third-order valence-electron chi connectivity index (χ3n) is 7.27. The summed E-state index contributed by atoms with van der Waals surface area (Å²) >= 11 is 0. The standard InChI is InChI=1S/C33H38OP.BrH/c1-26(20-21-32-27(2)24-28(34)25-33(32,3)4)22-23-35(29-14-8-5-9-15-29,30-16-10-6-11-17-30)31-18-12-7-13-19-31;/h5-22,28,34H,23-25H2,1-4H3;1H/q+1;/p-1/b21-20+,26-22+;/t28-;/m0./s1. The minimum absolute atomic E-state index is 0. The van der Waals surface area contributed by atoms with Gasteiger partial charge in [-0.05, 0) is 80.2 Å². The van der Waals surface area contributed by atoms with Gasteiger partial charge in [-0.2, -0.15) is 0 Å². The van der Waals surface area contributed by atoms with E-state index in [1.54, 1.807) is 0 Å². The molecule has 4 rings (SSSR count). The van der Waals surface area contributed by atoms with E-state index in [1.807, 2.05) is 0 Å². The van der Waals surface area contributed by atoms with E-state index in [0.29, 0.717) is 0 Å². The topological polar surface area (TPSA) is 20.2 Å². The largest absolute Gasteiger partial charge is 1.00 e. The highest BCUT2D eigenvalue weighted by Crippen LogP contribution is 2.55. The molecule has 3 heteroatoms. The Hall–Kier alpha value is -2.25. The fourth-order valence-corrected chi connectivity index (χ4v) is 9.69. The monoisotopic (exact) mass is 560 g/mol. The quantitative estimate of drug-likeness (QED) is 0.342. The molecule has 0 aliphatic heterocycles. The third-order valence-corrected chi connectivity index (χ3v) is 11.5. The highest BCUT2D eigenvalue weighted by atomic mass is 79.9. The fourth-order valence-electron chi connectivity index (χ4n) is 5.55. The summed E-state index contributed by atoms with van der Waals surface area (Å²) in [7, 11) is -1.86. The van der Waals surface area contributed by atoms with Gasteiger partial charge in [0, 0.05) is 0 Å². The number of hydrogen-bond acceptors (Lipinski definition) is 1. The van der Waals surface area contributed by atoms with Gasteiger partial charge in [0.15, 0.2) is 0 Å². The molecule has 3 aromatic carbocycles. The van der Waals surface area contributed by atoms with E-state index >= 15 is 0 Å². The highest BCUT2D eigenvalue weighted by molar-refractivity contribution is 7.95. The number of aliphatic hydroxyl groups excluding tert-OH is 1. The molecule has 0 unspecified atom stereocenters. The van der Waals surface area contributed by atoms with Gasteiger partial charge in [0.05, 0.1) is 12.3 Å². The van der Waals surface area contributed by atoms with E-state index in [2.05, 4.69) is 137 Å². The zero-order valence-electron chi connectivity index (χ0n) is 21.9. The Kier molecular flexibility index (Phi) is 9.70. The van der Waals surface area contributed by atoms with E-state index in [-0.39, 0.29) is 28.5 Å². The molecule has 1 aliphatic carbocycles. The summed E-state index contributed by atoms with van der Waals surface area (Å²) in [4.78, 5) is 0. The summed E-state index contributed by atoms with van der Waals surface area (Å²) in [5.41, 5.74) is 3.94.